The van der Waals surface area contributed by atoms with Gasteiger partial charge in [0.2, 0.25) is 0 Å². The molecule has 1 unspecified atom stereocenters. The second kappa shape index (κ2) is 8.32. The number of imidazole rings is 1. The van der Waals surface area contributed by atoms with Crippen LogP contribution in [0.5, 0.6) is 0 Å². The van der Waals surface area contributed by atoms with Crippen LogP contribution >= 0.6 is 0 Å². The Morgan fingerprint density at radius 2 is 1.92 bits per heavy atom. The summed E-state index contributed by atoms with van der Waals surface area (Å²) in [4.78, 5) is 18.5. The average molecular weight is 341 g/mol. The second-order valence-corrected chi connectivity index (χ2v) is 7.95. The van der Waals surface area contributed by atoms with E-state index in [9.17, 15) is 4.79 Å². The number of aromatic nitrogens is 2. The quantitative estimate of drug-likeness (QED) is 0.761. The molecule has 0 aliphatic rings. The third-order valence-electron chi connectivity index (χ3n) is 4.43. The van der Waals surface area contributed by atoms with Gasteiger partial charge in [-0.3, -0.25) is 4.57 Å². The highest BCUT2D eigenvalue weighted by Gasteiger charge is 2.18. The lowest BCUT2D eigenvalue weighted by atomic mass is 9.86. The number of carbonyl (C=O) groups is 1. The van der Waals surface area contributed by atoms with Gasteiger partial charge in [0, 0.05) is 25.5 Å². The van der Waals surface area contributed by atoms with Crippen LogP contribution in [0.3, 0.4) is 0 Å². The molecule has 0 spiro atoms. The number of hydrogen-bond donors (Lipinski definition) is 0. The third kappa shape index (κ3) is 5.45. The van der Waals surface area contributed by atoms with Gasteiger partial charge in [-0.15, -0.1) is 0 Å². The first-order valence-electron chi connectivity index (χ1n) is 9.18. The molecule has 0 aliphatic heterocycles. The maximum atomic E-state index is 12.6. The Hall–Kier alpha value is -2.10. The molecule has 0 saturated heterocycles. The molecule has 4 heteroatoms. The van der Waals surface area contributed by atoms with Crippen molar-refractivity contribution in [1.82, 2.24) is 14.5 Å². The van der Waals surface area contributed by atoms with E-state index < -0.39 is 0 Å². The Bertz CT molecular complexity index is 653. The Labute approximate surface area is 151 Å². The van der Waals surface area contributed by atoms with Gasteiger partial charge in [0.25, 0.3) is 0 Å². The molecule has 1 aromatic heterocycles. The molecule has 4 nitrogen and oxygen atoms in total. The zero-order chi connectivity index (χ0) is 18.4. The number of rotatable bonds is 6. The first-order chi connectivity index (χ1) is 11.8. The monoisotopic (exact) mass is 341 g/mol. The highest BCUT2D eigenvalue weighted by Crippen LogP contribution is 2.23. The van der Waals surface area contributed by atoms with Crippen LogP contribution in [0.15, 0.2) is 43.0 Å². The molecule has 0 bridgehead atoms. The van der Waals surface area contributed by atoms with Gasteiger partial charge < -0.3 is 4.90 Å². The molecule has 1 heterocycles. The van der Waals surface area contributed by atoms with Gasteiger partial charge in [-0.2, -0.15) is 0 Å². The van der Waals surface area contributed by atoms with E-state index >= 15 is 0 Å². The van der Waals surface area contributed by atoms with Gasteiger partial charge in [0.15, 0.2) is 0 Å². The van der Waals surface area contributed by atoms with E-state index in [1.807, 2.05) is 4.90 Å². The van der Waals surface area contributed by atoms with Crippen molar-refractivity contribution in [3.8, 4) is 0 Å². The Balaban J connectivity index is 1.99. The van der Waals surface area contributed by atoms with Crippen molar-refractivity contribution in [3.05, 3.63) is 54.1 Å². The molecule has 1 atom stereocenters. The minimum Gasteiger partial charge on any atom is -0.324 e. The molecule has 1 aromatic carbocycles. The highest BCUT2D eigenvalue weighted by molar-refractivity contribution is 5.76. The Morgan fingerprint density at radius 1 is 1.24 bits per heavy atom. The zero-order valence-electron chi connectivity index (χ0n) is 16.2. The maximum Gasteiger partial charge on any atom is 0.329 e. The van der Waals surface area contributed by atoms with E-state index in [0.717, 1.165) is 25.9 Å². The maximum absolute atomic E-state index is 12.6. The van der Waals surface area contributed by atoms with Gasteiger partial charge >= 0.3 is 6.03 Å². The molecule has 0 N–H and O–H groups in total. The van der Waals surface area contributed by atoms with Crippen LogP contribution < -0.4 is 0 Å². The van der Waals surface area contributed by atoms with Crippen molar-refractivity contribution in [2.45, 2.75) is 52.9 Å². The first kappa shape index (κ1) is 19.2. The van der Waals surface area contributed by atoms with Gasteiger partial charge in [-0.05, 0) is 35.3 Å². The molecular weight excluding hydrogens is 310 g/mol. The van der Waals surface area contributed by atoms with E-state index in [1.54, 1.807) is 23.3 Å². The average Bonchev–Trinajstić information content (AvgIpc) is 3.08. The van der Waals surface area contributed by atoms with Crippen molar-refractivity contribution >= 4 is 6.03 Å². The fraction of sp³-hybridized carbons (Fsp3) is 0.524. The lowest BCUT2D eigenvalue weighted by Crippen LogP contribution is -2.38. The zero-order valence-corrected chi connectivity index (χ0v) is 16.2. The second-order valence-electron chi connectivity index (χ2n) is 7.95. The fourth-order valence-electron chi connectivity index (χ4n) is 3.05. The minimum absolute atomic E-state index is 0.00859. The van der Waals surface area contributed by atoms with Crippen LogP contribution in [-0.2, 0) is 11.8 Å². The number of amides is 1. The van der Waals surface area contributed by atoms with Crippen LogP contribution in [0.4, 0.5) is 4.79 Å². The van der Waals surface area contributed by atoms with Crippen molar-refractivity contribution in [2.24, 2.45) is 5.92 Å². The van der Waals surface area contributed by atoms with E-state index in [2.05, 4.69) is 63.9 Å². The first-order valence-corrected chi connectivity index (χ1v) is 9.18. The van der Waals surface area contributed by atoms with Crippen LogP contribution in [0.25, 0.3) is 0 Å². The Kier molecular flexibility index (Phi) is 6.40. The van der Waals surface area contributed by atoms with Crippen molar-refractivity contribution in [2.75, 3.05) is 13.1 Å². The van der Waals surface area contributed by atoms with Gasteiger partial charge in [-0.1, -0.05) is 58.9 Å². The topological polar surface area (TPSA) is 38.1 Å². The standard InChI is InChI=1S/C21H31N3O/c1-6-12-23(20(25)24-13-11-22-16-24)15-17(2)14-18-7-9-19(10-8-18)21(3,4)5/h7-11,13,16-17H,6,12,14-15H2,1-5H3. The molecule has 25 heavy (non-hydrogen) atoms. The molecule has 2 aromatic rings. The van der Waals surface area contributed by atoms with Gasteiger partial charge in [-0.25, -0.2) is 9.78 Å². The van der Waals surface area contributed by atoms with E-state index in [0.29, 0.717) is 5.92 Å². The molecule has 0 radical (unpaired) electrons. The molecular formula is C21H31N3O. The number of nitrogens with zero attached hydrogens (tertiary/aromatic N) is 3. The van der Waals surface area contributed by atoms with Gasteiger partial charge in [0.1, 0.15) is 6.33 Å². The summed E-state index contributed by atoms with van der Waals surface area (Å²) >= 11 is 0. The van der Waals surface area contributed by atoms with Crippen molar-refractivity contribution in [3.63, 3.8) is 0 Å². The van der Waals surface area contributed by atoms with Crippen molar-refractivity contribution < 1.29 is 4.79 Å². The predicted molar refractivity (Wildman–Crippen MR) is 103 cm³/mol. The molecule has 2 rings (SSSR count). The van der Waals surface area contributed by atoms with E-state index in [4.69, 9.17) is 0 Å². The number of carbonyl (C=O) groups excluding carboxylic acids is 1. The van der Waals surface area contributed by atoms with Crippen LogP contribution in [-0.4, -0.2) is 33.6 Å². The summed E-state index contributed by atoms with van der Waals surface area (Å²) in [7, 11) is 0. The largest absolute Gasteiger partial charge is 0.329 e. The summed E-state index contributed by atoms with van der Waals surface area (Å²) in [5.41, 5.74) is 2.86. The molecule has 136 valence electrons. The molecule has 0 saturated carbocycles. The summed E-state index contributed by atoms with van der Waals surface area (Å²) in [6.45, 7) is 12.5. The smallest absolute Gasteiger partial charge is 0.324 e. The van der Waals surface area contributed by atoms with E-state index in [-0.39, 0.29) is 11.4 Å². The molecule has 1 amide bonds. The lowest BCUT2D eigenvalue weighted by molar-refractivity contribution is 0.190. The summed E-state index contributed by atoms with van der Waals surface area (Å²) in [5, 5.41) is 0. The highest BCUT2D eigenvalue weighted by atomic mass is 16.2. The van der Waals surface area contributed by atoms with Crippen LogP contribution in [0.2, 0.25) is 0 Å². The Morgan fingerprint density at radius 3 is 2.44 bits per heavy atom. The molecule has 0 fully saturated rings. The summed E-state index contributed by atoms with van der Waals surface area (Å²) < 4.78 is 1.56. The normalized spacial score (nSPS) is 12.8. The lowest BCUT2D eigenvalue weighted by Gasteiger charge is -2.26. The number of benzene rings is 1. The summed E-state index contributed by atoms with van der Waals surface area (Å²) in [6.07, 6.45) is 6.85. The van der Waals surface area contributed by atoms with Gasteiger partial charge in [0.05, 0.1) is 0 Å². The SMILES string of the molecule is CCCN(CC(C)Cc1ccc(C(C)(C)C)cc1)C(=O)n1ccnc1. The minimum atomic E-state index is 0.00859. The summed E-state index contributed by atoms with van der Waals surface area (Å²) in [6, 6.07) is 8.90. The van der Waals surface area contributed by atoms with Crippen LogP contribution in [0.1, 0.15) is 52.2 Å². The predicted octanol–water partition coefficient (Wildman–Crippen LogP) is 4.74. The molecule has 0 aliphatic carbocycles. The van der Waals surface area contributed by atoms with Crippen LogP contribution in [0, 0.1) is 5.92 Å². The third-order valence-corrected chi connectivity index (χ3v) is 4.43. The van der Waals surface area contributed by atoms with Crippen molar-refractivity contribution in [1.29, 1.82) is 0 Å². The summed E-state index contributed by atoms with van der Waals surface area (Å²) in [5.74, 6) is 0.402. The fourth-order valence-corrected chi connectivity index (χ4v) is 3.05. The number of hydrogen-bond acceptors (Lipinski definition) is 2. The van der Waals surface area contributed by atoms with E-state index in [1.165, 1.54) is 11.1 Å².